The van der Waals surface area contributed by atoms with Crippen LogP contribution in [0.3, 0.4) is 0 Å². The quantitative estimate of drug-likeness (QED) is 0.781. The van der Waals surface area contributed by atoms with E-state index in [1.807, 2.05) is 32.9 Å². The van der Waals surface area contributed by atoms with Crippen molar-refractivity contribution in [3.05, 3.63) is 28.8 Å². The molecule has 0 radical (unpaired) electrons. The van der Waals surface area contributed by atoms with Crippen LogP contribution in [0.2, 0.25) is 0 Å². The van der Waals surface area contributed by atoms with Crippen LogP contribution < -0.4 is 4.72 Å². The van der Waals surface area contributed by atoms with E-state index in [9.17, 15) is 8.42 Å². The Morgan fingerprint density at radius 3 is 2.05 bits per heavy atom. The van der Waals surface area contributed by atoms with Gasteiger partial charge >= 0.3 is 0 Å². The summed E-state index contributed by atoms with van der Waals surface area (Å²) in [6.07, 6.45) is 0.0498. The lowest BCUT2D eigenvalue weighted by Gasteiger charge is -2.15. The summed E-state index contributed by atoms with van der Waals surface area (Å²) >= 11 is 0. The fourth-order valence-electron chi connectivity index (χ4n) is 2.31. The smallest absolute Gasteiger partial charge is 0.241 e. The summed E-state index contributed by atoms with van der Waals surface area (Å²) in [5.74, 6) is 0. The summed E-state index contributed by atoms with van der Waals surface area (Å²) in [5.41, 5.74) is 2.56. The van der Waals surface area contributed by atoms with Gasteiger partial charge in [0.25, 0.3) is 0 Å². The van der Waals surface area contributed by atoms with Gasteiger partial charge in [-0.25, -0.2) is 13.1 Å². The summed E-state index contributed by atoms with van der Waals surface area (Å²) in [7, 11) is -0.462. The van der Waals surface area contributed by atoms with Crippen molar-refractivity contribution in [3.63, 3.8) is 0 Å². The van der Waals surface area contributed by atoms with E-state index < -0.39 is 16.3 Å². The first kappa shape index (κ1) is 17.1. The molecule has 20 heavy (non-hydrogen) atoms. The van der Waals surface area contributed by atoms with Gasteiger partial charge in [0, 0.05) is 27.2 Å². The number of methoxy groups -OCH3 is 2. The average molecular weight is 301 g/mol. The highest BCUT2D eigenvalue weighted by atomic mass is 32.2. The Kier molecular flexibility index (Phi) is 6.13. The van der Waals surface area contributed by atoms with Crippen LogP contribution in [0.1, 0.15) is 23.1 Å². The molecule has 1 N–H and O–H groups in total. The van der Waals surface area contributed by atoms with E-state index in [0.29, 0.717) is 11.3 Å². The molecule has 0 saturated carbocycles. The lowest BCUT2D eigenvalue weighted by Crippen LogP contribution is -2.29. The number of hydrogen-bond acceptors (Lipinski definition) is 4. The van der Waals surface area contributed by atoms with Gasteiger partial charge in [-0.15, -0.1) is 0 Å². The summed E-state index contributed by atoms with van der Waals surface area (Å²) in [4.78, 5) is 0.356. The minimum atomic E-state index is -3.51. The second kappa shape index (κ2) is 7.17. The summed E-state index contributed by atoms with van der Waals surface area (Å²) < 4.78 is 37.3. The van der Waals surface area contributed by atoms with Gasteiger partial charge < -0.3 is 9.47 Å². The minimum absolute atomic E-state index is 0.265. The van der Waals surface area contributed by atoms with Gasteiger partial charge in [0.1, 0.15) is 0 Å². The zero-order valence-corrected chi connectivity index (χ0v) is 13.5. The molecule has 0 bridgehead atoms. The lowest BCUT2D eigenvalue weighted by molar-refractivity contribution is -0.104. The number of rotatable bonds is 7. The number of ether oxygens (including phenoxy) is 2. The molecule has 0 aromatic heterocycles. The van der Waals surface area contributed by atoms with E-state index >= 15 is 0 Å². The Hall–Kier alpha value is -0.950. The molecule has 114 valence electrons. The third kappa shape index (κ3) is 4.28. The molecule has 0 unspecified atom stereocenters. The number of aryl methyl sites for hydroxylation is 3. The second-order valence-corrected chi connectivity index (χ2v) is 6.52. The highest BCUT2D eigenvalue weighted by Crippen LogP contribution is 2.21. The topological polar surface area (TPSA) is 64.6 Å². The van der Waals surface area contributed by atoms with Crippen LogP contribution in [0.4, 0.5) is 0 Å². The van der Waals surface area contributed by atoms with E-state index in [1.165, 1.54) is 14.2 Å². The first-order chi connectivity index (χ1) is 9.31. The maximum absolute atomic E-state index is 12.4. The number of benzene rings is 1. The van der Waals surface area contributed by atoms with Gasteiger partial charge in [-0.1, -0.05) is 17.7 Å². The predicted molar refractivity (Wildman–Crippen MR) is 78.3 cm³/mol. The summed E-state index contributed by atoms with van der Waals surface area (Å²) in [6.45, 7) is 5.83. The minimum Gasteiger partial charge on any atom is -0.356 e. The average Bonchev–Trinajstić information content (AvgIpc) is 2.32. The van der Waals surface area contributed by atoms with Gasteiger partial charge in [-0.3, -0.25) is 0 Å². The molecule has 0 heterocycles. The first-order valence-electron chi connectivity index (χ1n) is 6.45. The number of nitrogens with one attached hydrogen (secondary N) is 1. The molecule has 0 saturated heterocycles. The lowest BCUT2D eigenvalue weighted by atomic mass is 10.1. The Morgan fingerprint density at radius 1 is 1.10 bits per heavy atom. The Balaban J connectivity index is 2.85. The van der Waals surface area contributed by atoms with E-state index in [2.05, 4.69) is 4.72 Å². The van der Waals surface area contributed by atoms with Gasteiger partial charge in [0.05, 0.1) is 4.90 Å². The highest BCUT2D eigenvalue weighted by Gasteiger charge is 2.19. The molecule has 0 atom stereocenters. The van der Waals surface area contributed by atoms with Crippen LogP contribution in [0.5, 0.6) is 0 Å². The molecule has 6 heteroatoms. The van der Waals surface area contributed by atoms with Crippen LogP contribution in [0.15, 0.2) is 17.0 Å². The van der Waals surface area contributed by atoms with Crippen molar-refractivity contribution >= 4 is 10.0 Å². The molecule has 0 amide bonds. The second-order valence-electron chi connectivity index (χ2n) is 4.82. The molecular weight excluding hydrogens is 278 g/mol. The Morgan fingerprint density at radius 2 is 1.60 bits per heavy atom. The van der Waals surface area contributed by atoms with Gasteiger partial charge in [0.2, 0.25) is 10.0 Å². The molecule has 0 spiro atoms. The van der Waals surface area contributed by atoms with Crippen molar-refractivity contribution < 1.29 is 17.9 Å². The van der Waals surface area contributed by atoms with Crippen LogP contribution in [-0.4, -0.2) is 35.5 Å². The molecule has 0 aliphatic rings. The zero-order valence-electron chi connectivity index (χ0n) is 12.7. The van der Waals surface area contributed by atoms with Crippen molar-refractivity contribution in [2.75, 3.05) is 20.8 Å². The molecule has 1 aromatic carbocycles. The molecule has 1 rings (SSSR count). The first-order valence-corrected chi connectivity index (χ1v) is 7.93. The van der Waals surface area contributed by atoms with Crippen molar-refractivity contribution in [2.24, 2.45) is 0 Å². The molecule has 0 fully saturated rings. The third-order valence-electron chi connectivity index (χ3n) is 3.07. The highest BCUT2D eigenvalue weighted by molar-refractivity contribution is 7.89. The van der Waals surface area contributed by atoms with E-state index in [0.717, 1.165) is 16.7 Å². The normalized spacial score (nSPS) is 12.1. The molecule has 0 aliphatic heterocycles. The van der Waals surface area contributed by atoms with Crippen LogP contribution in [-0.2, 0) is 19.5 Å². The summed E-state index contributed by atoms with van der Waals surface area (Å²) in [5, 5.41) is 0. The van der Waals surface area contributed by atoms with E-state index in [1.54, 1.807) is 0 Å². The number of sulfonamides is 1. The third-order valence-corrected chi connectivity index (χ3v) is 4.84. The van der Waals surface area contributed by atoms with Crippen LogP contribution in [0.25, 0.3) is 0 Å². The Labute approximate surface area is 121 Å². The molecule has 1 aromatic rings. The largest absolute Gasteiger partial charge is 0.356 e. The molecular formula is C14H23NO4S. The summed E-state index contributed by atoms with van der Waals surface area (Å²) in [6, 6.07) is 3.74. The van der Waals surface area contributed by atoms with Crippen molar-refractivity contribution in [1.82, 2.24) is 4.72 Å². The zero-order chi connectivity index (χ0) is 15.3. The van der Waals surface area contributed by atoms with E-state index in [-0.39, 0.29) is 6.54 Å². The SMILES string of the molecule is COC(CCNS(=O)(=O)c1c(C)cc(C)cc1C)OC. The van der Waals surface area contributed by atoms with Gasteiger partial charge in [0.15, 0.2) is 6.29 Å². The van der Waals surface area contributed by atoms with Crippen LogP contribution >= 0.6 is 0 Å². The maximum Gasteiger partial charge on any atom is 0.241 e. The monoisotopic (exact) mass is 301 g/mol. The fraction of sp³-hybridized carbons (Fsp3) is 0.571. The van der Waals surface area contributed by atoms with E-state index in [4.69, 9.17) is 9.47 Å². The maximum atomic E-state index is 12.4. The predicted octanol–water partition coefficient (Wildman–Crippen LogP) is 1.90. The number of hydrogen-bond donors (Lipinski definition) is 1. The van der Waals surface area contributed by atoms with Gasteiger partial charge in [-0.2, -0.15) is 0 Å². The fourth-order valence-corrected chi connectivity index (χ4v) is 3.80. The van der Waals surface area contributed by atoms with Crippen molar-refractivity contribution in [1.29, 1.82) is 0 Å². The molecule has 0 aliphatic carbocycles. The Bertz CT molecular complexity index is 527. The standard InChI is InChI=1S/C14H23NO4S/c1-10-8-11(2)14(12(3)9-10)20(16,17)15-7-6-13(18-4)19-5/h8-9,13,15H,6-7H2,1-5H3. The van der Waals surface area contributed by atoms with Crippen molar-refractivity contribution in [3.8, 4) is 0 Å². The molecule has 5 nitrogen and oxygen atoms in total. The van der Waals surface area contributed by atoms with Gasteiger partial charge in [-0.05, 0) is 31.9 Å². The van der Waals surface area contributed by atoms with Crippen LogP contribution in [0, 0.1) is 20.8 Å². The van der Waals surface area contributed by atoms with Crippen molar-refractivity contribution in [2.45, 2.75) is 38.4 Å².